The number of thioether (sulfide) groups is 1. The van der Waals surface area contributed by atoms with E-state index in [4.69, 9.17) is 18.6 Å². The van der Waals surface area contributed by atoms with Gasteiger partial charge in [0.2, 0.25) is 29.3 Å². The van der Waals surface area contributed by atoms with Crippen LogP contribution in [0.15, 0.2) is 70.9 Å². The molecule has 2 aliphatic heterocycles. The van der Waals surface area contributed by atoms with Crippen molar-refractivity contribution in [1.29, 1.82) is 0 Å². The quantitative estimate of drug-likeness (QED) is 0.134. The monoisotopic (exact) mass is 892 g/mol. The van der Waals surface area contributed by atoms with Gasteiger partial charge in [-0.3, -0.25) is 56.9 Å². The molecule has 24 heteroatoms. The number of fused-ring (bicyclic) bond motifs is 3. The molecule has 61 heavy (non-hydrogen) atoms. The van der Waals surface area contributed by atoms with Gasteiger partial charge in [-0.15, -0.1) is 22.7 Å². The van der Waals surface area contributed by atoms with Crippen LogP contribution in [0.1, 0.15) is 20.7 Å². The molecule has 312 valence electrons. The number of thiazole rings is 2. The highest BCUT2D eigenvalue weighted by Crippen LogP contribution is 2.52. The lowest BCUT2D eigenvalue weighted by atomic mass is 10.1. The number of carbonyl (C=O) groups is 6. The summed E-state index contributed by atoms with van der Waals surface area (Å²) in [5.74, 6) is -7.01. The van der Waals surface area contributed by atoms with Crippen LogP contribution in [0.4, 0.5) is 5.69 Å². The van der Waals surface area contributed by atoms with E-state index in [-0.39, 0.29) is 37.9 Å². The molecule has 0 saturated carbocycles. The maximum atomic E-state index is 14.2. The lowest BCUT2D eigenvalue weighted by Crippen LogP contribution is -2.33. The van der Waals surface area contributed by atoms with Crippen molar-refractivity contribution in [2.75, 3.05) is 25.3 Å². The number of aliphatic carboxylic acids is 4. The summed E-state index contributed by atoms with van der Waals surface area (Å²) in [5.41, 5.74) is -5.35. The second-order valence-corrected chi connectivity index (χ2v) is 16.0. The zero-order chi connectivity index (χ0) is 43.6. The van der Waals surface area contributed by atoms with Gasteiger partial charge in [0.1, 0.15) is 50.6 Å². The fourth-order valence-electron chi connectivity index (χ4n) is 6.69. The lowest BCUT2D eigenvalue weighted by molar-refractivity contribution is -0.138. The van der Waals surface area contributed by atoms with E-state index in [2.05, 4.69) is 0 Å². The van der Waals surface area contributed by atoms with E-state index in [0.717, 1.165) is 11.8 Å². The highest BCUT2D eigenvalue weighted by molar-refractivity contribution is 8.03. The molecule has 5 heterocycles. The van der Waals surface area contributed by atoms with E-state index >= 15 is 0 Å². The standard InChI is InChI=1S/C37H24N4O17S3/c1-55-19(35-38(9-22(42)43)16-6-17-18(57-13-56-17)7-20(16)59-35)8-21-31(52)40(11-24(46)47)37(60-21)30-33(54)41(12-25(48)49)36(61-30)29-32(53)39(10-23(44)45)34(58-29)26-27(50)14-4-2-3-5-15(14)28(26)51/h2-8H,9-13H2,1H3,(H,42,43)(H,44,45)(H,46,47)(H,48,49)/b21-8?,35-19?,36-29-,37-30-. The van der Waals surface area contributed by atoms with Gasteiger partial charge < -0.3 is 44.0 Å². The fraction of sp³-hybridized carbons (Fsp3) is 0.162. The third-order valence-corrected chi connectivity index (χ3v) is 12.8. The van der Waals surface area contributed by atoms with Crippen LogP contribution in [0.5, 0.6) is 11.5 Å². The molecular formula is C37H24N4O17S3. The minimum Gasteiger partial charge on any atom is -0.494 e. The number of allylic oxidation sites excluding steroid dienone is 1. The smallest absolute Gasteiger partial charge is 0.323 e. The van der Waals surface area contributed by atoms with Gasteiger partial charge in [-0.2, -0.15) is 0 Å². The molecule has 4 N–H and O–H groups in total. The van der Waals surface area contributed by atoms with Crippen molar-refractivity contribution < 1.29 is 67.8 Å². The van der Waals surface area contributed by atoms with E-state index in [1.165, 1.54) is 42.4 Å². The number of ketones is 2. The number of hydrogen-bond donors (Lipinski definition) is 4. The topological polar surface area (TPSA) is 293 Å². The second kappa shape index (κ2) is 15.3. The Labute approximate surface area is 347 Å². The van der Waals surface area contributed by atoms with Crippen LogP contribution in [0, 0.1) is 19.3 Å². The molecule has 0 atom stereocenters. The highest BCUT2D eigenvalue weighted by atomic mass is 32.2. The average molecular weight is 893 g/mol. The van der Waals surface area contributed by atoms with Crippen molar-refractivity contribution >= 4 is 87.2 Å². The minimum atomic E-state index is -1.60. The number of anilines is 1. The molecule has 0 unspecified atom stereocenters. The van der Waals surface area contributed by atoms with Gasteiger partial charge >= 0.3 is 23.9 Å². The van der Waals surface area contributed by atoms with Crippen LogP contribution >= 0.6 is 34.4 Å². The average Bonchev–Trinajstić information content (AvgIpc) is 4.04. The predicted octanol–water partition coefficient (Wildman–Crippen LogP) is -0.0330. The molecule has 0 bridgehead atoms. The Kier molecular flexibility index (Phi) is 10.1. The summed E-state index contributed by atoms with van der Waals surface area (Å²) in [4.78, 5) is 119. The van der Waals surface area contributed by atoms with Crippen LogP contribution in [-0.4, -0.2) is 90.0 Å². The van der Waals surface area contributed by atoms with Gasteiger partial charge in [-0.25, -0.2) is 0 Å². The first kappa shape index (κ1) is 40.3. The van der Waals surface area contributed by atoms with Gasteiger partial charge in [-0.1, -0.05) is 36.0 Å². The number of rotatable bonds is 10. The number of methoxy groups -OCH3 is 1. The molecule has 1 aliphatic carbocycles. The maximum Gasteiger partial charge on any atom is 0.323 e. The molecule has 0 amide bonds. The van der Waals surface area contributed by atoms with Gasteiger partial charge in [0.05, 0.1) is 17.3 Å². The zero-order valence-electron chi connectivity index (χ0n) is 30.7. The first-order valence-electron chi connectivity index (χ1n) is 17.2. The largest absolute Gasteiger partial charge is 0.494 e. The Balaban J connectivity index is 1.44. The van der Waals surface area contributed by atoms with Gasteiger partial charge in [0.25, 0.3) is 16.7 Å². The molecule has 0 spiro atoms. The molecular weight excluding hydrogens is 869 g/mol. The Morgan fingerprint density at radius 2 is 1.31 bits per heavy atom. The van der Waals surface area contributed by atoms with Crippen LogP contribution in [0.3, 0.4) is 0 Å². The first-order chi connectivity index (χ1) is 29.1. The number of carboxylic acids is 4. The van der Waals surface area contributed by atoms with E-state index in [1.54, 1.807) is 12.1 Å². The predicted molar refractivity (Wildman–Crippen MR) is 208 cm³/mol. The maximum absolute atomic E-state index is 14.2. The first-order valence-corrected chi connectivity index (χ1v) is 19.7. The Hall–Kier alpha value is -7.44. The fourth-order valence-corrected chi connectivity index (χ4v) is 10.2. The molecule has 21 nitrogen and oxygen atoms in total. The summed E-state index contributed by atoms with van der Waals surface area (Å²) in [5, 5.41) is 39.3. The van der Waals surface area contributed by atoms with Gasteiger partial charge in [0.15, 0.2) is 17.3 Å². The van der Waals surface area contributed by atoms with Gasteiger partial charge in [-0.05, 0) is 0 Å². The van der Waals surface area contributed by atoms with Crippen molar-refractivity contribution in [3.63, 3.8) is 0 Å². The number of benzene rings is 2. The number of oxazole rings is 1. The number of hydrogen-bond acceptors (Lipinski definition) is 17. The van der Waals surface area contributed by atoms with Crippen molar-refractivity contribution in [3.05, 3.63) is 119 Å². The number of carbonyl (C=O) groups excluding carboxylic acids is 2. The minimum absolute atomic E-state index is 0.0415. The van der Waals surface area contributed by atoms with E-state index in [0.29, 0.717) is 58.5 Å². The molecule has 5 aromatic rings. The number of ether oxygens (including phenoxy) is 3. The van der Waals surface area contributed by atoms with Crippen molar-refractivity contribution in [1.82, 2.24) is 13.7 Å². The third-order valence-electron chi connectivity index (χ3n) is 9.21. The Morgan fingerprint density at radius 1 is 0.738 bits per heavy atom. The lowest BCUT2D eigenvalue weighted by Gasteiger charge is -2.19. The van der Waals surface area contributed by atoms with Crippen molar-refractivity contribution in [3.8, 4) is 11.5 Å². The summed E-state index contributed by atoms with van der Waals surface area (Å²) in [6, 6.07) is 8.84. The van der Waals surface area contributed by atoms with Crippen molar-refractivity contribution in [2.45, 2.75) is 24.5 Å². The second-order valence-electron chi connectivity index (χ2n) is 13.0. The van der Waals surface area contributed by atoms with Crippen LogP contribution in [0.2, 0.25) is 0 Å². The summed E-state index contributed by atoms with van der Waals surface area (Å²) >= 11 is 2.06. The normalized spacial score (nSPS) is 16.2. The highest BCUT2D eigenvalue weighted by Gasteiger charge is 2.37. The Morgan fingerprint density at radius 3 is 1.90 bits per heavy atom. The summed E-state index contributed by atoms with van der Waals surface area (Å²) < 4.78 is 22.5. The van der Waals surface area contributed by atoms with E-state index < -0.39 is 104 Å². The number of carboxylic acid groups (broad SMARTS) is 4. The van der Waals surface area contributed by atoms with Crippen LogP contribution in [-0.2, 0) is 43.5 Å². The Bertz CT molecular complexity index is 3370. The molecule has 2 aromatic carbocycles. The molecule has 0 fully saturated rings. The summed E-state index contributed by atoms with van der Waals surface area (Å²) in [6.07, 6.45) is 1.21. The number of Topliss-reactive ketones (excluding diaryl/α,β-unsaturated/α-hetero) is 2. The van der Waals surface area contributed by atoms with Gasteiger partial charge in [0, 0.05) is 34.2 Å². The van der Waals surface area contributed by atoms with Crippen molar-refractivity contribution in [2.24, 2.45) is 0 Å². The molecule has 0 radical (unpaired) electrons. The summed E-state index contributed by atoms with van der Waals surface area (Å²) in [7, 11) is 1.24. The molecule has 8 rings (SSSR count). The van der Waals surface area contributed by atoms with E-state index in [9.17, 15) is 63.6 Å². The number of aromatic nitrogens is 3. The SMILES string of the molecule is COC(C=c1s/c(=c2\s/c(=c3\oc(=C4C(=O)c5ccccc5C4=O)n(CC(=O)O)c3=O)n(CC(=O)O)c2=O)n(CC(=O)O)c1=O)=C1Sc2cc3c(cc2N1CC(=O)O)OCO3. The third kappa shape index (κ3) is 6.90. The van der Waals surface area contributed by atoms with Crippen LogP contribution in [0.25, 0.3) is 11.6 Å². The van der Waals surface area contributed by atoms with Crippen LogP contribution < -0.4 is 41.1 Å². The summed E-state index contributed by atoms with van der Waals surface area (Å²) in [6.45, 7) is -3.87. The number of nitrogens with zero attached hydrogens (tertiary/aromatic N) is 4. The van der Waals surface area contributed by atoms with E-state index in [1.807, 2.05) is 0 Å². The molecule has 3 aromatic heterocycles. The molecule has 0 saturated heterocycles. The zero-order valence-corrected chi connectivity index (χ0v) is 33.1. The molecule has 3 aliphatic rings.